The second-order valence-corrected chi connectivity index (χ2v) is 8.31. The number of carbonyl (C=O) groups excluding carboxylic acids is 2. The number of ether oxygens (including phenoxy) is 3. The topological polar surface area (TPSA) is 73.9 Å². The fourth-order valence-electron chi connectivity index (χ4n) is 3.01. The van der Waals surface area contributed by atoms with Gasteiger partial charge in [-0.15, -0.1) is 0 Å². The van der Waals surface area contributed by atoms with E-state index in [0.717, 1.165) is 11.1 Å². The zero-order valence-corrected chi connectivity index (χ0v) is 19.2. The minimum Gasteiger partial charge on any atom is -0.463 e. The van der Waals surface area contributed by atoms with Crippen molar-refractivity contribution < 1.29 is 23.8 Å². The van der Waals surface area contributed by atoms with E-state index in [-0.39, 0.29) is 6.61 Å². The fraction of sp³-hybridized carbons (Fsp3) is 0.385. The van der Waals surface area contributed by atoms with Crippen molar-refractivity contribution >= 4 is 12.1 Å². The van der Waals surface area contributed by atoms with E-state index in [4.69, 9.17) is 14.2 Å². The highest BCUT2D eigenvalue weighted by Crippen LogP contribution is 2.15. The Morgan fingerprint density at radius 2 is 1.56 bits per heavy atom. The van der Waals surface area contributed by atoms with Crippen LogP contribution < -0.4 is 5.32 Å². The van der Waals surface area contributed by atoms with Gasteiger partial charge < -0.3 is 19.5 Å². The monoisotopic (exact) mass is 439 g/mol. The third kappa shape index (κ3) is 9.79. The number of hydrogen-bond acceptors (Lipinski definition) is 5. The van der Waals surface area contributed by atoms with Crippen molar-refractivity contribution in [2.24, 2.45) is 0 Å². The molecule has 1 amide bonds. The smallest absolute Gasteiger partial charge is 0.407 e. The molecule has 0 unspecified atom stereocenters. The third-order valence-electron chi connectivity index (χ3n) is 4.39. The van der Waals surface area contributed by atoms with Crippen LogP contribution in [0, 0.1) is 0 Å². The molecule has 0 bridgehead atoms. The van der Waals surface area contributed by atoms with Gasteiger partial charge in [0, 0.05) is 6.08 Å². The summed E-state index contributed by atoms with van der Waals surface area (Å²) in [5, 5.41) is 2.92. The molecule has 0 heterocycles. The Morgan fingerprint density at radius 3 is 2.12 bits per heavy atom. The Bertz CT molecular complexity index is 859. The van der Waals surface area contributed by atoms with Crippen molar-refractivity contribution in [1.29, 1.82) is 0 Å². The number of rotatable bonds is 10. The Hall–Kier alpha value is -3.12. The van der Waals surface area contributed by atoms with E-state index in [1.54, 1.807) is 13.0 Å². The molecule has 2 atom stereocenters. The van der Waals surface area contributed by atoms with E-state index >= 15 is 0 Å². The van der Waals surface area contributed by atoms with Crippen LogP contribution in [0.2, 0.25) is 0 Å². The fourth-order valence-corrected chi connectivity index (χ4v) is 3.01. The van der Waals surface area contributed by atoms with Crippen LogP contribution in [0.5, 0.6) is 0 Å². The van der Waals surface area contributed by atoms with E-state index in [1.165, 1.54) is 6.08 Å². The maximum Gasteiger partial charge on any atom is 0.407 e. The molecule has 0 aliphatic carbocycles. The molecule has 0 spiro atoms. The molecular formula is C26H33NO5. The van der Waals surface area contributed by atoms with Gasteiger partial charge in [0.05, 0.1) is 25.4 Å². The summed E-state index contributed by atoms with van der Waals surface area (Å²) in [5.74, 6) is -0.462. The van der Waals surface area contributed by atoms with Gasteiger partial charge in [-0.2, -0.15) is 0 Å². The first kappa shape index (κ1) is 25.1. The molecule has 0 saturated heterocycles. The van der Waals surface area contributed by atoms with Crippen LogP contribution >= 0.6 is 0 Å². The maximum atomic E-state index is 12.6. The van der Waals surface area contributed by atoms with Crippen molar-refractivity contribution in [3.63, 3.8) is 0 Å². The molecule has 0 aromatic heterocycles. The molecule has 172 valence electrons. The lowest BCUT2D eigenvalue weighted by atomic mass is 10.0. The summed E-state index contributed by atoms with van der Waals surface area (Å²) in [6.45, 7) is 7.77. The molecule has 2 rings (SSSR count). The van der Waals surface area contributed by atoms with Gasteiger partial charge in [0.15, 0.2) is 0 Å². The summed E-state index contributed by atoms with van der Waals surface area (Å²) in [6.07, 6.45) is 2.33. The lowest BCUT2D eigenvalue weighted by molar-refractivity contribution is -0.137. The number of alkyl carbamates (subject to hydrolysis) is 1. The number of benzene rings is 2. The van der Waals surface area contributed by atoms with Crippen molar-refractivity contribution in [2.75, 3.05) is 6.61 Å². The molecule has 2 aromatic carbocycles. The average Bonchev–Trinajstić information content (AvgIpc) is 2.74. The normalized spacial score (nSPS) is 13.4. The highest BCUT2D eigenvalue weighted by molar-refractivity contribution is 5.82. The van der Waals surface area contributed by atoms with Gasteiger partial charge in [0.2, 0.25) is 0 Å². The molecular weight excluding hydrogens is 406 g/mol. The SMILES string of the molecule is CCOC(=O)/C=C/[C@H](OCc1ccccc1)[C@H](Cc1ccccc1)NC(=O)OC(C)(C)C. The lowest BCUT2D eigenvalue weighted by Gasteiger charge is -2.28. The van der Waals surface area contributed by atoms with Gasteiger partial charge >= 0.3 is 12.1 Å². The molecule has 0 fully saturated rings. The Labute approximate surface area is 190 Å². The molecule has 0 aliphatic heterocycles. The molecule has 0 radical (unpaired) electrons. The second kappa shape index (κ2) is 12.7. The van der Waals surface area contributed by atoms with Crippen molar-refractivity contribution in [2.45, 2.75) is 58.5 Å². The first-order valence-electron chi connectivity index (χ1n) is 10.8. The van der Waals surface area contributed by atoms with Crippen LogP contribution in [0.1, 0.15) is 38.8 Å². The van der Waals surface area contributed by atoms with E-state index < -0.39 is 29.8 Å². The summed E-state index contributed by atoms with van der Waals surface area (Å²) >= 11 is 0. The summed E-state index contributed by atoms with van der Waals surface area (Å²) < 4.78 is 16.6. The van der Waals surface area contributed by atoms with Crippen LogP contribution in [0.3, 0.4) is 0 Å². The van der Waals surface area contributed by atoms with Gasteiger partial charge in [-0.05, 0) is 51.3 Å². The molecule has 1 N–H and O–H groups in total. The van der Waals surface area contributed by atoms with Crippen LogP contribution in [0.4, 0.5) is 4.79 Å². The Morgan fingerprint density at radius 1 is 0.969 bits per heavy atom. The predicted octanol–water partition coefficient (Wildman–Crippen LogP) is 4.83. The summed E-state index contributed by atoms with van der Waals surface area (Å²) in [5.41, 5.74) is 1.37. The number of amides is 1. The van der Waals surface area contributed by atoms with Crippen molar-refractivity contribution in [3.8, 4) is 0 Å². The van der Waals surface area contributed by atoms with Gasteiger partial charge in [0.25, 0.3) is 0 Å². The third-order valence-corrected chi connectivity index (χ3v) is 4.39. The first-order valence-corrected chi connectivity index (χ1v) is 10.8. The summed E-state index contributed by atoms with van der Waals surface area (Å²) in [6, 6.07) is 19.0. The highest BCUT2D eigenvalue weighted by Gasteiger charge is 2.26. The van der Waals surface area contributed by atoms with E-state index in [0.29, 0.717) is 13.0 Å². The van der Waals surface area contributed by atoms with Gasteiger partial charge in [0.1, 0.15) is 5.60 Å². The highest BCUT2D eigenvalue weighted by atomic mass is 16.6. The number of hydrogen-bond donors (Lipinski definition) is 1. The quantitative estimate of drug-likeness (QED) is 0.424. The minimum atomic E-state index is -0.636. The molecule has 6 heteroatoms. The van der Waals surface area contributed by atoms with Crippen LogP contribution in [0.15, 0.2) is 72.8 Å². The number of carbonyl (C=O) groups is 2. The van der Waals surface area contributed by atoms with E-state index in [2.05, 4.69) is 5.32 Å². The van der Waals surface area contributed by atoms with Crippen LogP contribution in [-0.4, -0.2) is 36.4 Å². The minimum absolute atomic E-state index is 0.280. The molecule has 0 saturated carbocycles. The molecule has 0 aliphatic rings. The molecule has 2 aromatic rings. The van der Waals surface area contributed by atoms with Crippen LogP contribution in [0.25, 0.3) is 0 Å². The van der Waals surface area contributed by atoms with E-state index in [1.807, 2.05) is 81.4 Å². The van der Waals surface area contributed by atoms with Gasteiger partial charge in [-0.3, -0.25) is 0 Å². The zero-order chi connectivity index (χ0) is 23.4. The van der Waals surface area contributed by atoms with Gasteiger partial charge in [-0.1, -0.05) is 60.7 Å². The average molecular weight is 440 g/mol. The van der Waals surface area contributed by atoms with Crippen molar-refractivity contribution in [3.05, 3.63) is 83.9 Å². The van der Waals surface area contributed by atoms with Crippen LogP contribution in [-0.2, 0) is 32.0 Å². The standard InChI is InChI=1S/C26H33NO5/c1-5-30-24(28)17-16-23(31-19-21-14-10-7-11-15-21)22(18-20-12-8-6-9-13-20)27-25(29)32-26(2,3)4/h6-17,22-23H,5,18-19H2,1-4H3,(H,27,29)/b17-16+/t22-,23-/m0/s1. The number of nitrogens with one attached hydrogen (secondary N) is 1. The molecule has 32 heavy (non-hydrogen) atoms. The van der Waals surface area contributed by atoms with Crippen molar-refractivity contribution in [1.82, 2.24) is 5.32 Å². The number of esters is 1. The largest absolute Gasteiger partial charge is 0.463 e. The Kier molecular flexibility index (Phi) is 9.95. The zero-order valence-electron chi connectivity index (χ0n) is 19.2. The maximum absolute atomic E-state index is 12.6. The first-order chi connectivity index (χ1) is 15.3. The molecule has 6 nitrogen and oxygen atoms in total. The predicted molar refractivity (Wildman–Crippen MR) is 124 cm³/mol. The van der Waals surface area contributed by atoms with Gasteiger partial charge in [-0.25, -0.2) is 9.59 Å². The second-order valence-electron chi connectivity index (χ2n) is 8.31. The summed E-state index contributed by atoms with van der Waals surface area (Å²) in [4.78, 5) is 24.5. The lowest BCUT2D eigenvalue weighted by Crippen LogP contribution is -2.47. The summed E-state index contributed by atoms with van der Waals surface area (Å²) in [7, 11) is 0. The Balaban J connectivity index is 2.26. The van der Waals surface area contributed by atoms with E-state index in [9.17, 15) is 9.59 Å².